The molecule has 0 aliphatic carbocycles. The largest absolute Gasteiger partial charge is 0.480 e. The fraction of sp³-hybridized carbons (Fsp3) is 0.207. The van der Waals surface area contributed by atoms with E-state index in [0.29, 0.717) is 16.3 Å². The Morgan fingerprint density at radius 3 is 2.37 bits per heavy atom. The quantitative estimate of drug-likeness (QED) is 0.239. The average molecular weight is 565 g/mol. The number of hydrogen-bond acceptors (Lipinski definition) is 5. The van der Waals surface area contributed by atoms with Gasteiger partial charge in [-0.15, -0.1) is 22.7 Å². The summed E-state index contributed by atoms with van der Waals surface area (Å²) in [5.41, 5.74) is 2.79. The molecule has 4 unspecified atom stereocenters. The van der Waals surface area contributed by atoms with Gasteiger partial charge in [0.1, 0.15) is 6.04 Å². The molecule has 1 fully saturated rings. The molecule has 2 aromatic heterocycles. The lowest BCUT2D eigenvalue weighted by Gasteiger charge is -2.30. The van der Waals surface area contributed by atoms with Crippen LogP contribution in [0.5, 0.6) is 0 Å². The van der Waals surface area contributed by atoms with Crippen molar-refractivity contribution < 1.29 is 19.5 Å². The summed E-state index contributed by atoms with van der Waals surface area (Å²) < 4.78 is 0. The average Bonchev–Trinajstić information content (AvgIpc) is 3.61. The highest BCUT2D eigenvalue weighted by molar-refractivity contribution is 7.10. The first kappa shape index (κ1) is 26.2. The first-order valence-corrected chi connectivity index (χ1v) is 14.2. The van der Waals surface area contributed by atoms with E-state index in [4.69, 9.17) is 11.6 Å². The molecule has 5 rings (SSSR count). The van der Waals surface area contributed by atoms with E-state index in [1.807, 2.05) is 61.0 Å². The van der Waals surface area contributed by atoms with Crippen molar-refractivity contribution in [2.75, 3.05) is 5.32 Å². The van der Waals surface area contributed by atoms with Crippen LogP contribution >= 0.6 is 34.3 Å². The monoisotopic (exact) mass is 564 g/mol. The Bertz CT molecular complexity index is 1500. The Morgan fingerprint density at radius 1 is 0.947 bits per heavy atom. The zero-order valence-electron chi connectivity index (χ0n) is 20.6. The van der Waals surface area contributed by atoms with Crippen molar-refractivity contribution in [1.82, 2.24) is 4.90 Å². The molecule has 0 radical (unpaired) electrons. The van der Waals surface area contributed by atoms with Crippen LogP contribution in [-0.4, -0.2) is 33.8 Å². The third-order valence-corrected chi connectivity index (χ3v) is 9.18. The smallest absolute Gasteiger partial charge is 0.327 e. The van der Waals surface area contributed by atoms with Crippen molar-refractivity contribution in [2.45, 2.75) is 31.8 Å². The zero-order valence-corrected chi connectivity index (χ0v) is 23.0. The van der Waals surface area contributed by atoms with Gasteiger partial charge in [-0.05, 0) is 72.1 Å². The van der Waals surface area contributed by atoms with Gasteiger partial charge in [-0.1, -0.05) is 41.9 Å². The predicted molar refractivity (Wildman–Crippen MR) is 152 cm³/mol. The van der Waals surface area contributed by atoms with Crippen LogP contribution < -0.4 is 5.32 Å². The summed E-state index contributed by atoms with van der Waals surface area (Å²) in [6.45, 7) is 3.83. The normalized spacial score (nSPS) is 20.9. The van der Waals surface area contributed by atoms with E-state index in [9.17, 15) is 19.5 Å². The molecular weight excluding hydrogens is 540 g/mol. The molecule has 2 N–H and O–H groups in total. The number of hydrogen-bond donors (Lipinski definition) is 2. The maximum atomic E-state index is 14.3. The van der Waals surface area contributed by atoms with Gasteiger partial charge in [-0.25, -0.2) is 9.59 Å². The van der Waals surface area contributed by atoms with Crippen LogP contribution in [0.15, 0.2) is 77.5 Å². The first-order chi connectivity index (χ1) is 18.3. The highest BCUT2D eigenvalue weighted by Gasteiger charge is 2.58. The Morgan fingerprint density at radius 2 is 1.74 bits per heavy atom. The number of amides is 2. The standard InChI is InChI=1S/C29H25ClN2O4S2/c1-16-6-3-9-20(14-16)31-29(36)32-24(27-17(2)11-13-38-27)23(26(33)18-7-4-8-19(30)15-18)22(25(32)28(34)35)21-10-5-12-37-21/h3-15,22-25H,1-2H3,(H,31,36)(H,34,35). The maximum Gasteiger partial charge on any atom is 0.327 e. The van der Waals surface area contributed by atoms with Gasteiger partial charge in [0, 0.05) is 31.9 Å². The van der Waals surface area contributed by atoms with Crippen LogP contribution in [0.25, 0.3) is 0 Å². The van der Waals surface area contributed by atoms with Crippen LogP contribution in [-0.2, 0) is 4.79 Å². The lowest BCUT2D eigenvalue weighted by atomic mass is 9.79. The van der Waals surface area contributed by atoms with E-state index in [-0.39, 0.29) is 5.78 Å². The minimum absolute atomic E-state index is 0.249. The molecule has 2 amide bonds. The first-order valence-electron chi connectivity index (χ1n) is 12.0. The molecular formula is C29H25ClN2O4S2. The Balaban J connectivity index is 1.70. The number of anilines is 1. The number of aryl methyl sites for hydroxylation is 2. The minimum atomic E-state index is -1.27. The van der Waals surface area contributed by atoms with E-state index in [2.05, 4.69) is 5.32 Å². The maximum absolute atomic E-state index is 14.3. The van der Waals surface area contributed by atoms with E-state index in [1.165, 1.54) is 27.6 Å². The number of carbonyl (C=O) groups is 3. The zero-order chi connectivity index (χ0) is 27.0. The fourth-order valence-corrected chi connectivity index (χ4v) is 7.45. The number of likely N-dealkylation sites (tertiary alicyclic amines) is 1. The van der Waals surface area contributed by atoms with E-state index in [1.54, 1.807) is 30.3 Å². The van der Waals surface area contributed by atoms with Crippen molar-refractivity contribution in [3.8, 4) is 0 Å². The molecule has 9 heteroatoms. The molecule has 4 atom stereocenters. The second-order valence-electron chi connectivity index (χ2n) is 9.34. The van der Waals surface area contributed by atoms with Crippen LogP contribution in [0.2, 0.25) is 5.02 Å². The number of aliphatic carboxylic acids is 1. The molecule has 2 aromatic carbocycles. The summed E-state index contributed by atoms with van der Waals surface area (Å²) in [6, 6.07) is 17.0. The number of urea groups is 1. The fourth-order valence-electron chi connectivity index (χ4n) is 5.28. The number of carboxylic acid groups (broad SMARTS) is 1. The molecule has 4 aromatic rings. The third-order valence-electron chi connectivity index (χ3n) is 6.88. The molecule has 6 nitrogen and oxygen atoms in total. The molecule has 0 bridgehead atoms. The molecule has 0 saturated carbocycles. The SMILES string of the molecule is Cc1cccc(NC(=O)N2C(C(=O)O)C(c3cccs3)C(C(=O)c3cccc(Cl)c3)C2c2sccc2C)c1. The summed E-state index contributed by atoms with van der Waals surface area (Å²) in [6.07, 6.45) is 0. The summed E-state index contributed by atoms with van der Waals surface area (Å²) >= 11 is 9.04. The number of ketones is 1. The molecule has 1 saturated heterocycles. The van der Waals surface area contributed by atoms with Crippen LogP contribution in [0.1, 0.15) is 43.2 Å². The number of benzene rings is 2. The van der Waals surface area contributed by atoms with Gasteiger partial charge >= 0.3 is 12.0 Å². The van der Waals surface area contributed by atoms with Crippen LogP contribution in [0, 0.1) is 19.8 Å². The third kappa shape index (κ3) is 4.87. The molecule has 1 aliphatic rings. The number of nitrogens with zero attached hydrogens (tertiary/aromatic N) is 1. The molecule has 38 heavy (non-hydrogen) atoms. The predicted octanol–water partition coefficient (Wildman–Crippen LogP) is 7.40. The van der Waals surface area contributed by atoms with Gasteiger partial charge in [0.15, 0.2) is 5.78 Å². The van der Waals surface area contributed by atoms with Gasteiger partial charge in [0.25, 0.3) is 0 Å². The number of nitrogens with one attached hydrogen (secondary N) is 1. The molecule has 3 heterocycles. The topological polar surface area (TPSA) is 86.7 Å². The van der Waals surface area contributed by atoms with Crippen molar-refractivity contribution in [2.24, 2.45) is 5.92 Å². The van der Waals surface area contributed by atoms with Gasteiger partial charge in [-0.3, -0.25) is 4.79 Å². The number of Topliss-reactive ketones (excluding diaryl/α,β-unsaturated/α-hetero) is 1. The van der Waals surface area contributed by atoms with Crippen molar-refractivity contribution >= 4 is 57.7 Å². The molecule has 0 spiro atoms. The summed E-state index contributed by atoms with van der Waals surface area (Å²) in [5.74, 6) is -3.01. The highest BCUT2D eigenvalue weighted by Crippen LogP contribution is 2.53. The molecule has 194 valence electrons. The van der Waals surface area contributed by atoms with Gasteiger partial charge in [-0.2, -0.15) is 0 Å². The lowest BCUT2D eigenvalue weighted by molar-refractivity contribution is -0.142. The van der Waals surface area contributed by atoms with E-state index >= 15 is 0 Å². The number of carboxylic acids is 1. The highest BCUT2D eigenvalue weighted by atomic mass is 35.5. The van der Waals surface area contributed by atoms with Gasteiger partial charge in [0.05, 0.1) is 12.0 Å². The second-order valence-corrected chi connectivity index (χ2v) is 11.7. The lowest BCUT2D eigenvalue weighted by Crippen LogP contribution is -2.45. The second kappa shape index (κ2) is 10.7. The van der Waals surface area contributed by atoms with E-state index in [0.717, 1.165) is 20.9 Å². The summed E-state index contributed by atoms with van der Waals surface area (Å²) in [7, 11) is 0. The number of carbonyl (C=O) groups excluding carboxylic acids is 2. The van der Waals surface area contributed by atoms with Crippen molar-refractivity contribution in [1.29, 1.82) is 0 Å². The Labute approximate surface area is 233 Å². The van der Waals surface area contributed by atoms with E-state index < -0.39 is 35.9 Å². The number of halogens is 1. The van der Waals surface area contributed by atoms with Crippen molar-refractivity contribution in [3.05, 3.63) is 109 Å². The minimum Gasteiger partial charge on any atom is -0.480 e. The number of rotatable bonds is 6. The van der Waals surface area contributed by atoms with Crippen molar-refractivity contribution in [3.63, 3.8) is 0 Å². The molecule has 1 aliphatic heterocycles. The number of thiophene rings is 2. The Hall–Kier alpha value is -3.46. The van der Waals surface area contributed by atoms with Gasteiger partial charge in [0.2, 0.25) is 0 Å². The Kier molecular flexibility index (Phi) is 7.38. The summed E-state index contributed by atoms with van der Waals surface area (Å²) in [5, 5.41) is 17.6. The summed E-state index contributed by atoms with van der Waals surface area (Å²) in [4.78, 5) is 44.0. The van der Waals surface area contributed by atoms with Crippen LogP contribution in [0.4, 0.5) is 10.5 Å². The van der Waals surface area contributed by atoms with Crippen LogP contribution in [0.3, 0.4) is 0 Å². The van der Waals surface area contributed by atoms with Gasteiger partial charge < -0.3 is 15.3 Å².